The molecular weight excluding hydrogens is 218 g/mol. The Bertz CT molecular complexity index is 240. The molecule has 0 aliphatic carbocycles. The van der Waals surface area contributed by atoms with Crippen LogP contribution in [0.3, 0.4) is 0 Å². The van der Waals surface area contributed by atoms with Gasteiger partial charge in [-0.2, -0.15) is 0 Å². The van der Waals surface area contributed by atoms with Crippen molar-refractivity contribution >= 4 is 0 Å². The molecule has 0 aliphatic rings. The van der Waals surface area contributed by atoms with Crippen LogP contribution in [-0.4, -0.2) is 18.0 Å². The third-order valence-electron chi connectivity index (χ3n) is 3.59. The number of unbranched alkanes of at least 4 members (excludes halogenated alkanes) is 2. The van der Waals surface area contributed by atoms with Crippen molar-refractivity contribution in [2.24, 2.45) is 5.92 Å². The molecule has 0 spiro atoms. The minimum absolute atomic E-state index is 0.640. The monoisotopic (exact) mass is 251 g/mol. The van der Waals surface area contributed by atoms with Gasteiger partial charge in [-0.05, 0) is 38.0 Å². The van der Waals surface area contributed by atoms with Crippen LogP contribution < -0.4 is 0 Å². The number of hydrogen-bond acceptors (Lipinski definition) is 1. The molecule has 0 radical (unpaired) electrons. The maximum absolute atomic E-state index is 4.15. The van der Waals surface area contributed by atoms with Crippen molar-refractivity contribution in [3.8, 4) is 0 Å². The highest BCUT2D eigenvalue weighted by Crippen LogP contribution is 2.16. The SMILES string of the molecule is C=C(CCCCCN(CCC)C(=C)CC)C(C)C. The van der Waals surface area contributed by atoms with Crippen molar-refractivity contribution in [3.05, 3.63) is 24.4 Å². The Morgan fingerprint density at radius 2 is 1.67 bits per heavy atom. The summed E-state index contributed by atoms with van der Waals surface area (Å²) in [7, 11) is 0. The largest absolute Gasteiger partial charge is 0.375 e. The van der Waals surface area contributed by atoms with Crippen molar-refractivity contribution in [2.45, 2.75) is 66.2 Å². The van der Waals surface area contributed by atoms with E-state index in [4.69, 9.17) is 0 Å². The van der Waals surface area contributed by atoms with Crippen molar-refractivity contribution in [1.29, 1.82) is 0 Å². The molecule has 0 aliphatic heterocycles. The zero-order chi connectivity index (χ0) is 14.0. The normalized spacial score (nSPS) is 10.7. The number of rotatable bonds is 11. The Morgan fingerprint density at radius 1 is 1.00 bits per heavy atom. The summed E-state index contributed by atoms with van der Waals surface area (Å²) in [4.78, 5) is 2.46. The standard InChI is InChI=1S/C17H33N/c1-7-13-18(17(6)8-2)14-11-9-10-12-16(5)15(3)4/h15H,5-14H2,1-4H3. The quantitative estimate of drug-likeness (QED) is 0.351. The highest BCUT2D eigenvalue weighted by molar-refractivity contribution is 4.97. The fourth-order valence-corrected chi connectivity index (χ4v) is 2.04. The summed E-state index contributed by atoms with van der Waals surface area (Å²) in [5.41, 5.74) is 2.70. The second kappa shape index (κ2) is 10.2. The Labute approximate surface area is 115 Å². The van der Waals surface area contributed by atoms with Crippen LogP contribution in [0.4, 0.5) is 0 Å². The number of hydrogen-bond donors (Lipinski definition) is 0. The van der Waals surface area contributed by atoms with Gasteiger partial charge in [0, 0.05) is 18.8 Å². The van der Waals surface area contributed by atoms with E-state index in [1.807, 2.05) is 0 Å². The van der Waals surface area contributed by atoms with Gasteiger partial charge in [0.15, 0.2) is 0 Å². The third kappa shape index (κ3) is 7.58. The van der Waals surface area contributed by atoms with E-state index in [9.17, 15) is 0 Å². The molecule has 0 N–H and O–H groups in total. The molecule has 0 rings (SSSR count). The van der Waals surface area contributed by atoms with Crippen LogP contribution in [0.25, 0.3) is 0 Å². The molecule has 0 heterocycles. The van der Waals surface area contributed by atoms with E-state index in [0.29, 0.717) is 5.92 Å². The van der Waals surface area contributed by atoms with Crippen LogP contribution >= 0.6 is 0 Å². The summed E-state index contributed by atoms with van der Waals surface area (Å²) >= 11 is 0. The first-order valence-corrected chi connectivity index (χ1v) is 7.63. The predicted octanol–water partition coefficient (Wildman–Crippen LogP) is 5.39. The summed E-state index contributed by atoms with van der Waals surface area (Å²) < 4.78 is 0. The molecule has 0 aromatic carbocycles. The summed E-state index contributed by atoms with van der Waals surface area (Å²) in [5.74, 6) is 0.640. The lowest BCUT2D eigenvalue weighted by molar-refractivity contribution is 0.326. The predicted molar refractivity (Wildman–Crippen MR) is 83.7 cm³/mol. The van der Waals surface area contributed by atoms with Gasteiger partial charge in [0.25, 0.3) is 0 Å². The van der Waals surface area contributed by atoms with E-state index in [0.717, 1.165) is 13.0 Å². The maximum Gasteiger partial charge on any atom is 0.0174 e. The van der Waals surface area contributed by atoms with Crippen LogP contribution in [0.1, 0.15) is 66.2 Å². The van der Waals surface area contributed by atoms with Crippen LogP contribution in [0.15, 0.2) is 24.4 Å². The highest BCUT2D eigenvalue weighted by Gasteiger charge is 2.05. The smallest absolute Gasteiger partial charge is 0.0174 e. The molecule has 0 saturated carbocycles. The van der Waals surface area contributed by atoms with Gasteiger partial charge in [-0.1, -0.05) is 52.8 Å². The van der Waals surface area contributed by atoms with Crippen molar-refractivity contribution in [1.82, 2.24) is 4.90 Å². The van der Waals surface area contributed by atoms with Crippen LogP contribution in [0.2, 0.25) is 0 Å². The lowest BCUT2D eigenvalue weighted by atomic mass is 9.99. The molecule has 0 unspecified atom stereocenters. The van der Waals surface area contributed by atoms with E-state index < -0.39 is 0 Å². The molecule has 106 valence electrons. The molecule has 0 bridgehead atoms. The topological polar surface area (TPSA) is 3.24 Å². The zero-order valence-electron chi connectivity index (χ0n) is 13.1. The van der Waals surface area contributed by atoms with Gasteiger partial charge in [0.05, 0.1) is 0 Å². The van der Waals surface area contributed by atoms with E-state index >= 15 is 0 Å². The summed E-state index contributed by atoms with van der Waals surface area (Å²) in [6.45, 7) is 19.5. The Morgan fingerprint density at radius 3 is 2.17 bits per heavy atom. The first-order chi connectivity index (χ1) is 8.52. The van der Waals surface area contributed by atoms with Crippen molar-refractivity contribution in [2.75, 3.05) is 13.1 Å². The molecule has 1 heteroatoms. The lowest BCUT2D eigenvalue weighted by Gasteiger charge is -2.25. The molecule has 0 atom stereocenters. The van der Waals surface area contributed by atoms with E-state index in [1.165, 1.54) is 49.9 Å². The van der Waals surface area contributed by atoms with Crippen molar-refractivity contribution < 1.29 is 0 Å². The van der Waals surface area contributed by atoms with Gasteiger partial charge in [0.2, 0.25) is 0 Å². The summed E-state index contributed by atoms with van der Waals surface area (Å²) in [6, 6.07) is 0. The fraction of sp³-hybridized carbons (Fsp3) is 0.765. The van der Waals surface area contributed by atoms with Gasteiger partial charge in [-0.15, -0.1) is 0 Å². The molecule has 1 nitrogen and oxygen atoms in total. The minimum atomic E-state index is 0.640. The first kappa shape index (κ1) is 17.3. The average Bonchev–Trinajstić information content (AvgIpc) is 2.35. The van der Waals surface area contributed by atoms with Gasteiger partial charge >= 0.3 is 0 Å². The summed E-state index contributed by atoms with van der Waals surface area (Å²) in [6.07, 6.45) is 7.36. The molecule has 0 saturated heterocycles. The summed E-state index contributed by atoms with van der Waals surface area (Å²) in [5, 5.41) is 0. The number of allylic oxidation sites excluding steroid dienone is 2. The zero-order valence-corrected chi connectivity index (χ0v) is 13.1. The van der Waals surface area contributed by atoms with Gasteiger partial charge in [-0.25, -0.2) is 0 Å². The third-order valence-corrected chi connectivity index (χ3v) is 3.59. The molecule has 18 heavy (non-hydrogen) atoms. The molecular formula is C17H33N. The average molecular weight is 251 g/mol. The molecule has 0 aromatic heterocycles. The molecule has 0 aromatic rings. The molecule has 0 amide bonds. The maximum atomic E-state index is 4.15. The molecule has 0 fully saturated rings. The minimum Gasteiger partial charge on any atom is -0.375 e. The second-order valence-corrected chi connectivity index (χ2v) is 5.53. The second-order valence-electron chi connectivity index (χ2n) is 5.53. The van der Waals surface area contributed by atoms with Crippen molar-refractivity contribution in [3.63, 3.8) is 0 Å². The van der Waals surface area contributed by atoms with Crippen LogP contribution in [0.5, 0.6) is 0 Å². The fourth-order valence-electron chi connectivity index (χ4n) is 2.04. The van der Waals surface area contributed by atoms with E-state index in [-0.39, 0.29) is 0 Å². The Kier molecular flexibility index (Phi) is 9.82. The van der Waals surface area contributed by atoms with Crippen LogP contribution in [0, 0.1) is 5.92 Å². The van der Waals surface area contributed by atoms with Gasteiger partial charge in [-0.3, -0.25) is 0 Å². The van der Waals surface area contributed by atoms with E-state index in [2.05, 4.69) is 45.8 Å². The first-order valence-electron chi connectivity index (χ1n) is 7.63. The van der Waals surface area contributed by atoms with Gasteiger partial charge in [0.1, 0.15) is 0 Å². The lowest BCUT2D eigenvalue weighted by Crippen LogP contribution is -2.24. The Hall–Kier alpha value is -0.720. The Balaban J connectivity index is 3.73. The number of nitrogens with zero attached hydrogens (tertiary/aromatic N) is 1. The van der Waals surface area contributed by atoms with Crippen LogP contribution in [-0.2, 0) is 0 Å². The van der Waals surface area contributed by atoms with Gasteiger partial charge < -0.3 is 4.90 Å². The highest BCUT2D eigenvalue weighted by atomic mass is 15.1. The van der Waals surface area contributed by atoms with E-state index in [1.54, 1.807) is 0 Å².